The summed E-state index contributed by atoms with van der Waals surface area (Å²) < 4.78 is 18.4. The van der Waals surface area contributed by atoms with E-state index in [9.17, 15) is 14.0 Å². The van der Waals surface area contributed by atoms with Crippen LogP contribution in [0, 0.1) is 5.82 Å². The van der Waals surface area contributed by atoms with Crippen molar-refractivity contribution in [3.8, 4) is 0 Å². The molecular formula is C21H24FN3O3. The summed E-state index contributed by atoms with van der Waals surface area (Å²) in [7, 11) is 1.75. The first kappa shape index (κ1) is 20.0. The Bertz CT molecular complexity index is 792. The van der Waals surface area contributed by atoms with E-state index in [1.54, 1.807) is 16.8 Å². The van der Waals surface area contributed by atoms with Crippen LogP contribution >= 0.6 is 0 Å². The van der Waals surface area contributed by atoms with Crippen molar-refractivity contribution in [3.63, 3.8) is 0 Å². The second-order valence-corrected chi connectivity index (χ2v) is 6.72. The number of benzene rings is 2. The largest absolute Gasteiger partial charge is 0.378 e. The molecule has 1 heterocycles. The zero-order valence-electron chi connectivity index (χ0n) is 15.8. The highest BCUT2D eigenvalue weighted by molar-refractivity contribution is 5.96. The van der Waals surface area contributed by atoms with Gasteiger partial charge < -0.3 is 15.0 Å². The van der Waals surface area contributed by atoms with Crippen molar-refractivity contribution in [2.45, 2.75) is 6.04 Å². The highest BCUT2D eigenvalue weighted by Gasteiger charge is 2.28. The fraction of sp³-hybridized carbons (Fsp3) is 0.333. The molecule has 1 N–H and O–H groups in total. The quantitative estimate of drug-likeness (QED) is 0.829. The van der Waals surface area contributed by atoms with Crippen LogP contribution in [-0.2, 0) is 14.3 Å². The Kier molecular flexibility index (Phi) is 6.73. The molecule has 0 unspecified atom stereocenters. The zero-order valence-corrected chi connectivity index (χ0v) is 15.8. The van der Waals surface area contributed by atoms with E-state index in [0.29, 0.717) is 32.0 Å². The number of anilines is 1. The first-order valence-corrected chi connectivity index (χ1v) is 9.22. The summed E-state index contributed by atoms with van der Waals surface area (Å²) >= 11 is 0. The third-order valence-electron chi connectivity index (χ3n) is 4.66. The molecule has 2 aromatic carbocycles. The fourth-order valence-corrected chi connectivity index (χ4v) is 3.20. The Morgan fingerprint density at radius 2 is 1.75 bits per heavy atom. The molecule has 0 saturated carbocycles. The molecule has 1 atom stereocenters. The van der Waals surface area contributed by atoms with Crippen molar-refractivity contribution in [1.29, 1.82) is 0 Å². The lowest BCUT2D eigenvalue weighted by Gasteiger charge is -2.31. The molecule has 0 aliphatic carbocycles. The number of morpholine rings is 1. The molecule has 1 saturated heterocycles. The van der Waals surface area contributed by atoms with E-state index in [2.05, 4.69) is 5.32 Å². The van der Waals surface area contributed by atoms with Gasteiger partial charge in [0.1, 0.15) is 11.9 Å². The smallest absolute Gasteiger partial charge is 0.246 e. The average molecular weight is 385 g/mol. The topological polar surface area (TPSA) is 61.9 Å². The lowest BCUT2D eigenvalue weighted by atomic mass is 10.0. The molecule has 0 radical (unpaired) electrons. The summed E-state index contributed by atoms with van der Waals surface area (Å²) in [5.41, 5.74) is 1.28. The monoisotopic (exact) mass is 385 g/mol. The number of rotatable bonds is 6. The minimum absolute atomic E-state index is 0.0405. The Morgan fingerprint density at radius 1 is 1.11 bits per heavy atom. The van der Waals surface area contributed by atoms with Crippen LogP contribution in [0.3, 0.4) is 0 Å². The number of carbonyl (C=O) groups is 2. The number of amides is 2. The van der Waals surface area contributed by atoms with Gasteiger partial charge in [-0.1, -0.05) is 30.3 Å². The van der Waals surface area contributed by atoms with Crippen molar-refractivity contribution >= 4 is 17.5 Å². The molecule has 7 heteroatoms. The number of nitrogens with one attached hydrogen (secondary N) is 1. The predicted octanol–water partition coefficient (Wildman–Crippen LogP) is 2.30. The van der Waals surface area contributed by atoms with Gasteiger partial charge in [-0.05, 0) is 36.9 Å². The van der Waals surface area contributed by atoms with Crippen LogP contribution in [0.1, 0.15) is 11.6 Å². The van der Waals surface area contributed by atoms with E-state index in [-0.39, 0.29) is 24.2 Å². The van der Waals surface area contributed by atoms with Crippen molar-refractivity contribution in [3.05, 3.63) is 66.0 Å². The number of halogens is 1. The molecule has 148 valence electrons. The first-order valence-electron chi connectivity index (χ1n) is 9.22. The maximum absolute atomic E-state index is 13.1. The average Bonchev–Trinajstić information content (AvgIpc) is 2.71. The molecule has 0 bridgehead atoms. The van der Waals surface area contributed by atoms with Crippen LogP contribution in [0.2, 0.25) is 0 Å². The van der Waals surface area contributed by atoms with Crippen LogP contribution < -0.4 is 5.32 Å². The second-order valence-electron chi connectivity index (χ2n) is 6.72. The third-order valence-corrected chi connectivity index (χ3v) is 4.66. The number of hydrogen-bond acceptors (Lipinski definition) is 4. The Hall–Kier alpha value is -2.77. The number of nitrogens with zero attached hydrogens (tertiary/aromatic N) is 2. The highest BCUT2D eigenvalue weighted by atomic mass is 19.1. The normalized spacial score (nSPS) is 15.3. The van der Waals surface area contributed by atoms with Crippen molar-refractivity contribution in [2.75, 3.05) is 45.2 Å². The van der Waals surface area contributed by atoms with Gasteiger partial charge in [-0.15, -0.1) is 0 Å². The first-order chi connectivity index (χ1) is 13.5. The van der Waals surface area contributed by atoms with Crippen molar-refractivity contribution in [1.82, 2.24) is 9.80 Å². The van der Waals surface area contributed by atoms with Gasteiger partial charge >= 0.3 is 0 Å². The van der Waals surface area contributed by atoms with E-state index in [1.807, 2.05) is 30.3 Å². The second kappa shape index (κ2) is 9.43. The Labute approximate surface area is 163 Å². The van der Waals surface area contributed by atoms with Gasteiger partial charge in [0.2, 0.25) is 11.8 Å². The van der Waals surface area contributed by atoms with Crippen molar-refractivity contribution < 1.29 is 18.7 Å². The Balaban J connectivity index is 1.75. The van der Waals surface area contributed by atoms with Gasteiger partial charge in [-0.25, -0.2) is 4.39 Å². The molecule has 1 aliphatic heterocycles. The van der Waals surface area contributed by atoms with E-state index in [0.717, 1.165) is 5.56 Å². The predicted molar refractivity (Wildman–Crippen MR) is 104 cm³/mol. The number of carbonyl (C=O) groups excluding carboxylic acids is 2. The van der Waals surface area contributed by atoms with Gasteiger partial charge in [0.15, 0.2) is 0 Å². The molecule has 3 rings (SSSR count). The SMILES string of the molecule is CN(CC(=O)N1CCOCC1)[C@H](C(=O)Nc1ccc(F)cc1)c1ccccc1. The fourth-order valence-electron chi connectivity index (χ4n) is 3.20. The standard InChI is InChI=1S/C21H24FN3O3/c1-24(15-19(26)25-11-13-28-14-12-25)20(16-5-3-2-4-6-16)21(27)23-18-9-7-17(22)8-10-18/h2-10,20H,11-15H2,1H3,(H,23,27)/t20-/m0/s1. The summed E-state index contributed by atoms with van der Waals surface area (Å²) in [6.07, 6.45) is 0. The lowest BCUT2D eigenvalue weighted by molar-refractivity contribution is -0.137. The number of likely N-dealkylation sites (N-methyl/N-ethyl adjacent to an activating group) is 1. The molecule has 6 nitrogen and oxygen atoms in total. The van der Waals surface area contributed by atoms with Crippen LogP contribution in [0.25, 0.3) is 0 Å². The molecular weight excluding hydrogens is 361 g/mol. The number of ether oxygens (including phenoxy) is 1. The number of hydrogen-bond donors (Lipinski definition) is 1. The van der Waals surface area contributed by atoms with Crippen LogP contribution in [0.4, 0.5) is 10.1 Å². The van der Waals surface area contributed by atoms with E-state index in [1.165, 1.54) is 24.3 Å². The third kappa shape index (κ3) is 5.15. The molecule has 0 aromatic heterocycles. The van der Waals surface area contributed by atoms with Gasteiger partial charge in [0, 0.05) is 18.8 Å². The molecule has 2 amide bonds. The summed E-state index contributed by atoms with van der Waals surface area (Å²) in [6, 6.07) is 14.2. The molecule has 1 fully saturated rings. The molecule has 0 spiro atoms. The van der Waals surface area contributed by atoms with Crippen LogP contribution in [0.15, 0.2) is 54.6 Å². The van der Waals surface area contributed by atoms with Crippen molar-refractivity contribution in [2.24, 2.45) is 0 Å². The zero-order chi connectivity index (χ0) is 19.9. The van der Waals surface area contributed by atoms with E-state index >= 15 is 0 Å². The van der Waals surface area contributed by atoms with Gasteiger partial charge in [0.05, 0.1) is 19.8 Å². The van der Waals surface area contributed by atoms with Gasteiger partial charge in [-0.2, -0.15) is 0 Å². The minimum atomic E-state index is -0.656. The molecule has 2 aromatic rings. The van der Waals surface area contributed by atoms with Gasteiger partial charge in [-0.3, -0.25) is 14.5 Å². The minimum Gasteiger partial charge on any atom is -0.378 e. The van der Waals surface area contributed by atoms with E-state index < -0.39 is 6.04 Å². The van der Waals surface area contributed by atoms with Crippen LogP contribution in [-0.4, -0.2) is 61.5 Å². The highest BCUT2D eigenvalue weighted by Crippen LogP contribution is 2.22. The summed E-state index contributed by atoms with van der Waals surface area (Å²) in [4.78, 5) is 29.1. The lowest BCUT2D eigenvalue weighted by Crippen LogP contribution is -2.47. The molecule has 28 heavy (non-hydrogen) atoms. The van der Waals surface area contributed by atoms with E-state index in [4.69, 9.17) is 4.74 Å². The Morgan fingerprint density at radius 3 is 2.39 bits per heavy atom. The summed E-state index contributed by atoms with van der Waals surface area (Å²) in [5, 5.41) is 2.81. The molecule has 1 aliphatic rings. The summed E-state index contributed by atoms with van der Waals surface area (Å²) in [5.74, 6) is -0.692. The summed E-state index contributed by atoms with van der Waals surface area (Å²) in [6.45, 7) is 2.29. The maximum Gasteiger partial charge on any atom is 0.246 e. The maximum atomic E-state index is 13.1. The van der Waals surface area contributed by atoms with Crippen LogP contribution in [0.5, 0.6) is 0 Å². The van der Waals surface area contributed by atoms with Gasteiger partial charge in [0.25, 0.3) is 0 Å².